The number of ether oxygens (including phenoxy) is 1. The Hall–Kier alpha value is -2.37. The maximum absolute atomic E-state index is 13.0. The number of fused-ring (bicyclic) bond motifs is 1. The maximum atomic E-state index is 13.0. The molecule has 12 heteroatoms. The molecule has 1 saturated heterocycles. The number of alkyl halides is 3. The first-order chi connectivity index (χ1) is 12.8. The summed E-state index contributed by atoms with van der Waals surface area (Å²) in [6.07, 6.45) is -4.61. The second-order valence-corrected chi connectivity index (χ2v) is 6.54. The van der Waals surface area contributed by atoms with Gasteiger partial charge in [-0.3, -0.25) is 16.0 Å². The molecule has 4 rings (SSSR count). The molecular weight excluding hydrogens is 387 g/mol. The summed E-state index contributed by atoms with van der Waals surface area (Å²) in [6, 6.07) is 1.67. The highest BCUT2D eigenvalue weighted by Crippen LogP contribution is 2.39. The van der Waals surface area contributed by atoms with E-state index in [-0.39, 0.29) is 17.6 Å². The Morgan fingerprint density at radius 1 is 1.26 bits per heavy atom. The number of hydrogen-bond acceptors (Lipinski definition) is 6. The topological polar surface area (TPSA) is 92.7 Å². The molecule has 0 atom stereocenters. The van der Waals surface area contributed by atoms with Gasteiger partial charge in [0, 0.05) is 31.6 Å². The highest BCUT2D eigenvalue weighted by Gasteiger charge is 2.37. The van der Waals surface area contributed by atoms with E-state index in [0.29, 0.717) is 34.8 Å². The zero-order chi connectivity index (χ0) is 19.3. The third kappa shape index (κ3) is 2.91. The summed E-state index contributed by atoms with van der Waals surface area (Å²) >= 11 is 6.19. The normalized spacial score (nSPS) is 15.8. The molecule has 0 saturated carbocycles. The van der Waals surface area contributed by atoms with Crippen molar-refractivity contribution in [3.05, 3.63) is 22.5 Å². The summed E-state index contributed by atoms with van der Waals surface area (Å²) in [5, 5.41) is 6.07. The standard InChI is InChI=1S/C15H15ClF3N7O/c1-26-8-3-7(16)13(27-2)22-10(8)9(6-4-20-21-5-6)11(26)12-23-14(25-24-12)15(17,18)19/h3,6,20-21H,4-5H2,1-2H3,(H,23,24,25). The number of methoxy groups -OCH3 is 1. The molecule has 0 unspecified atom stereocenters. The third-order valence-corrected chi connectivity index (χ3v) is 4.79. The van der Waals surface area contributed by atoms with Crippen LogP contribution in [0.1, 0.15) is 17.3 Å². The quantitative estimate of drug-likeness (QED) is 0.623. The van der Waals surface area contributed by atoms with Gasteiger partial charge in [0.2, 0.25) is 11.7 Å². The van der Waals surface area contributed by atoms with Crippen molar-refractivity contribution in [3.8, 4) is 17.4 Å². The predicted octanol–water partition coefficient (Wildman–Crippen LogP) is 2.23. The van der Waals surface area contributed by atoms with E-state index in [9.17, 15) is 13.2 Å². The molecule has 3 aromatic rings. The van der Waals surface area contributed by atoms with E-state index in [4.69, 9.17) is 16.3 Å². The number of hydrazine groups is 1. The highest BCUT2D eigenvalue weighted by molar-refractivity contribution is 6.32. The van der Waals surface area contributed by atoms with Gasteiger partial charge in [-0.05, 0) is 6.07 Å². The predicted molar refractivity (Wildman–Crippen MR) is 91.4 cm³/mol. The summed E-state index contributed by atoms with van der Waals surface area (Å²) in [4.78, 5) is 8.14. The largest absolute Gasteiger partial charge is 0.480 e. The number of nitrogens with zero attached hydrogens (tertiary/aromatic N) is 4. The Kier molecular flexibility index (Phi) is 4.24. The molecule has 0 aromatic carbocycles. The van der Waals surface area contributed by atoms with Crippen LogP contribution in [0.4, 0.5) is 13.2 Å². The van der Waals surface area contributed by atoms with Crippen LogP contribution < -0.4 is 15.6 Å². The Bertz CT molecular complexity index is 1010. The molecule has 0 bridgehead atoms. The third-order valence-electron chi connectivity index (χ3n) is 4.52. The Morgan fingerprint density at radius 3 is 2.56 bits per heavy atom. The first-order valence-electron chi connectivity index (χ1n) is 7.99. The van der Waals surface area contributed by atoms with Crippen molar-refractivity contribution in [1.82, 2.24) is 35.6 Å². The molecule has 0 spiro atoms. The van der Waals surface area contributed by atoms with Gasteiger partial charge in [-0.2, -0.15) is 18.3 Å². The molecule has 1 aliphatic rings. The van der Waals surface area contributed by atoms with Crippen LogP contribution in [0, 0.1) is 0 Å². The van der Waals surface area contributed by atoms with Gasteiger partial charge < -0.3 is 9.30 Å². The molecule has 1 fully saturated rings. The van der Waals surface area contributed by atoms with Crippen molar-refractivity contribution < 1.29 is 17.9 Å². The number of H-pyrrole nitrogens is 1. The van der Waals surface area contributed by atoms with E-state index >= 15 is 0 Å². The molecule has 0 radical (unpaired) electrons. The highest BCUT2D eigenvalue weighted by atomic mass is 35.5. The number of pyridine rings is 1. The van der Waals surface area contributed by atoms with Crippen LogP contribution in [0.25, 0.3) is 22.6 Å². The average molecular weight is 402 g/mol. The molecule has 1 aliphatic heterocycles. The first kappa shape index (κ1) is 18.0. The fourth-order valence-corrected chi connectivity index (χ4v) is 3.51. The van der Waals surface area contributed by atoms with Gasteiger partial charge in [-0.1, -0.05) is 11.6 Å². The average Bonchev–Trinajstić information content (AvgIpc) is 3.33. The van der Waals surface area contributed by atoms with Crippen LogP contribution in [0.3, 0.4) is 0 Å². The van der Waals surface area contributed by atoms with Gasteiger partial charge in [-0.25, -0.2) is 9.97 Å². The number of aromatic amines is 1. The molecular formula is C15H15ClF3N7O. The monoisotopic (exact) mass is 401 g/mol. The Balaban J connectivity index is 1.99. The maximum Gasteiger partial charge on any atom is 0.451 e. The molecule has 0 aliphatic carbocycles. The second-order valence-electron chi connectivity index (χ2n) is 6.13. The Morgan fingerprint density at radius 2 is 1.96 bits per heavy atom. The lowest BCUT2D eigenvalue weighted by molar-refractivity contribution is -0.144. The lowest BCUT2D eigenvalue weighted by Gasteiger charge is -2.09. The molecule has 3 N–H and O–H groups in total. The SMILES string of the molecule is COc1nc2c(C3CNNC3)c(-c3n[nH]c(C(F)(F)F)n3)n(C)c2cc1Cl. The number of aryl methyl sites for hydroxylation is 1. The molecule has 144 valence electrons. The van der Waals surface area contributed by atoms with Crippen molar-refractivity contribution in [2.45, 2.75) is 12.1 Å². The van der Waals surface area contributed by atoms with Crippen molar-refractivity contribution in [2.75, 3.05) is 20.2 Å². The van der Waals surface area contributed by atoms with E-state index < -0.39 is 12.0 Å². The molecule has 8 nitrogen and oxygen atoms in total. The van der Waals surface area contributed by atoms with Crippen LogP contribution in [0.15, 0.2) is 6.07 Å². The van der Waals surface area contributed by atoms with E-state index in [1.54, 1.807) is 17.7 Å². The van der Waals surface area contributed by atoms with Crippen LogP contribution in [0.2, 0.25) is 5.02 Å². The van der Waals surface area contributed by atoms with Crippen molar-refractivity contribution in [3.63, 3.8) is 0 Å². The fourth-order valence-electron chi connectivity index (χ4n) is 3.29. The van der Waals surface area contributed by atoms with Crippen molar-refractivity contribution in [2.24, 2.45) is 7.05 Å². The van der Waals surface area contributed by atoms with Crippen LogP contribution >= 0.6 is 11.6 Å². The number of rotatable bonds is 3. The van der Waals surface area contributed by atoms with Gasteiger partial charge >= 0.3 is 6.18 Å². The molecule has 4 heterocycles. The Labute approximate surface area is 156 Å². The summed E-state index contributed by atoms with van der Waals surface area (Å²) in [7, 11) is 3.16. The zero-order valence-electron chi connectivity index (χ0n) is 14.3. The van der Waals surface area contributed by atoms with Gasteiger partial charge in [0.1, 0.15) is 5.02 Å². The molecule has 0 amide bonds. The lowest BCUT2D eigenvalue weighted by atomic mass is 9.98. The second kappa shape index (κ2) is 6.36. The minimum absolute atomic E-state index is 0.0464. The minimum Gasteiger partial charge on any atom is -0.480 e. The van der Waals surface area contributed by atoms with Gasteiger partial charge in [-0.15, -0.1) is 0 Å². The van der Waals surface area contributed by atoms with Crippen LogP contribution in [-0.2, 0) is 13.2 Å². The summed E-state index contributed by atoms with van der Waals surface area (Å²) in [5.41, 5.74) is 8.45. The number of nitrogens with one attached hydrogen (secondary N) is 3. The summed E-state index contributed by atoms with van der Waals surface area (Å²) in [6.45, 7) is 1.16. The number of aromatic nitrogens is 5. The van der Waals surface area contributed by atoms with Crippen molar-refractivity contribution in [1.29, 1.82) is 0 Å². The summed E-state index contributed by atoms with van der Waals surface area (Å²) in [5.74, 6) is -1.01. The molecule has 27 heavy (non-hydrogen) atoms. The van der Waals surface area contributed by atoms with Crippen LogP contribution in [-0.4, -0.2) is 44.9 Å². The summed E-state index contributed by atoms with van der Waals surface area (Å²) < 4.78 is 45.8. The first-order valence-corrected chi connectivity index (χ1v) is 8.37. The number of hydrogen-bond donors (Lipinski definition) is 3. The van der Waals surface area contributed by atoms with Gasteiger partial charge in [0.25, 0.3) is 0 Å². The smallest absolute Gasteiger partial charge is 0.451 e. The zero-order valence-corrected chi connectivity index (χ0v) is 15.0. The van der Waals surface area contributed by atoms with E-state index in [1.807, 2.05) is 5.10 Å². The van der Waals surface area contributed by atoms with Gasteiger partial charge in [0.05, 0.1) is 23.8 Å². The number of halogens is 4. The minimum atomic E-state index is -4.61. The van der Waals surface area contributed by atoms with Crippen molar-refractivity contribution >= 4 is 22.6 Å². The van der Waals surface area contributed by atoms with E-state index in [0.717, 1.165) is 5.56 Å². The fraction of sp³-hybridized carbons (Fsp3) is 0.400. The van der Waals surface area contributed by atoms with E-state index in [1.165, 1.54) is 7.11 Å². The van der Waals surface area contributed by atoms with Crippen LogP contribution in [0.5, 0.6) is 5.88 Å². The van der Waals surface area contributed by atoms with Gasteiger partial charge in [0.15, 0.2) is 5.82 Å². The lowest BCUT2D eigenvalue weighted by Crippen LogP contribution is -2.21. The van der Waals surface area contributed by atoms with E-state index in [2.05, 4.69) is 25.9 Å². The molecule has 3 aromatic heterocycles.